The lowest BCUT2D eigenvalue weighted by molar-refractivity contribution is 0.0318. The molecule has 0 fully saturated rings. The molecule has 1 N–H and O–H groups in total. The summed E-state index contributed by atoms with van der Waals surface area (Å²) in [5.74, 6) is 1.27. The van der Waals surface area contributed by atoms with E-state index in [0.29, 0.717) is 18.4 Å². The molecular formula is C44H64O3Si. The predicted octanol–water partition coefficient (Wildman–Crippen LogP) is 11.6. The summed E-state index contributed by atoms with van der Waals surface area (Å²) >= 11 is 0. The molecule has 48 heavy (non-hydrogen) atoms. The molecule has 5 unspecified atom stereocenters. The highest BCUT2D eigenvalue weighted by molar-refractivity contribution is 6.74. The van der Waals surface area contributed by atoms with E-state index in [0.717, 1.165) is 49.0 Å². The molecule has 0 spiro atoms. The van der Waals surface area contributed by atoms with E-state index in [1.54, 1.807) is 0 Å². The van der Waals surface area contributed by atoms with Crippen molar-refractivity contribution in [3.63, 3.8) is 0 Å². The van der Waals surface area contributed by atoms with Gasteiger partial charge in [-0.1, -0.05) is 164 Å². The molecule has 0 aliphatic carbocycles. The van der Waals surface area contributed by atoms with Gasteiger partial charge in [-0.15, -0.1) is 0 Å². The third kappa shape index (κ3) is 11.4. The molecule has 0 aliphatic heterocycles. The number of ether oxygens (including phenoxy) is 1. The number of unbranched alkanes of at least 4 members (excludes halogenated alkanes) is 1. The van der Waals surface area contributed by atoms with Crippen LogP contribution in [0.5, 0.6) is 0 Å². The van der Waals surface area contributed by atoms with Crippen LogP contribution in [0.4, 0.5) is 0 Å². The minimum Gasteiger partial charge on any atom is -0.417 e. The highest BCUT2D eigenvalue weighted by Gasteiger charge is 2.38. The third-order valence-corrected chi connectivity index (χ3v) is 14.8. The Morgan fingerprint density at radius 3 is 1.71 bits per heavy atom. The number of hydrogen-bond donors (Lipinski definition) is 1. The van der Waals surface area contributed by atoms with E-state index in [-0.39, 0.29) is 23.0 Å². The maximum absolute atomic E-state index is 11.0. The van der Waals surface area contributed by atoms with Crippen LogP contribution in [-0.2, 0) is 14.8 Å². The average molecular weight is 669 g/mol. The zero-order valence-corrected chi connectivity index (χ0v) is 32.4. The fourth-order valence-electron chi connectivity index (χ4n) is 6.24. The van der Waals surface area contributed by atoms with Gasteiger partial charge in [0.2, 0.25) is 0 Å². The van der Waals surface area contributed by atoms with Crippen molar-refractivity contribution in [2.75, 3.05) is 13.2 Å². The summed E-state index contributed by atoms with van der Waals surface area (Å²) in [4.78, 5) is 0. The lowest BCUT2D eigenvalue weighted by Crippen LogP contribution is -2.42. The molecule has 4 heteroatoms. The van der Waals surface area contributed by atoms with E-state index < -0.39 is 13.9 Å². The van der Waals surface area contributed by atoms with E-state index in [4.69, 9.17) is 9.16 Å². The number of aliphatic hydroxyl groups is 1. The van der Waals surface area contributed by atoms with Crippen LogP contribution in [0.25, 0.3) is 0 Å². The fraction of sp³-hybridized carbons (Fsp3) is 0.500. The first kappa shape index (κ1) is 39.7. The number of hydrogen-bond acceptors (Lipinski definition) is 3. The van der Waals surface area contributed by atoms with Crippen LogP contribution >= 0.6 is 0 Å². The van der Waals surface area contributed by atoms with Crippen molar-refractivity contribution in [2.24, 2.45) is 23.7 Å². The van der Waals surface area contributed by atoms with Gasteiger partial charge in [-0.3, -0.25) is 0 Å². The maximum atomic E-state index is 11.0. The summed E-state index contributed by atoms with van der Waals surface area (Å²) in [7, 11) is -1.74. The van der Waals surface area contributed by atoms with Crippen molar-refractivity contribution in [3.05, 3.63) is 132 Å². The molecular weight excluding hydrogens is 605 g/mol. The van der Waals surface area contributed by atoms with E-state index >= 15 is 0 Å². The van der Waals surface area contributed by atoms with E-state index in [9.17, 15) is 5.11 Å². The van der Waals surface area contributed by atoms with Crippen molar-refractivity contribution in [3.8, 4) is 0 Å². The first-order valence-corrected chi connectivity index (χ1v) is 21.1. The van der Waals surface area contributed by atoms with Crippen LogP contribution in [0.15, 0.2) is 115 Å². The molecule has 0 heterocycles. The summed E-state index contributed by atoms with van der Waals surface area (Å²) < 4.78 is 13.3. The van der Waals surface area contributed by atoms with Gasteiger partial charge in [0.25, 0.3) is 0 Å². The first-order valence-electron chi connectivity index (χ1n) is 18.2. The maximum Gasteiger partial charge on any atom is 0.191 e. The number of allylic oxidation sites excluding steroid dienone is 2. The van der Waals surface area contributed by atoms with Crippen LogP contribution in [0.3, 0.4) is 0 Å². The van der Waals surface area contributed by atoms with Crippen molar-refractivity contribution in [2.45, 2.75) is 104 Å². The van der Waals surface area contributed by atoms with Gasteiger partial charge in [0.1, 0.15) is 5.60 Å². The Bertz CT molecular complexity index is 1260. The molecule has 262 valence electrons. The molecule has 5 atom stereocenters. The number of benzene rings is 3. The Balaban J connectivity index is 1.48. The Hall–Kier alpha value is -2.76. The van der Waals surface area contributed by atoms with Gasteiger partial charge < -0.3 is 14.3 Å². The molecule has 0 aliphatic rings. The van der Waals surface area contributed by atoms with Gasteiger partial charge in [0, 0.05) is 12.5 Å². The molecule has 0 saturated heterocycles. The number of aliphatic hydroxyl groups excluding tert-OH is 1. The molecule has 3 aromatic carbocycles. The van der Waals surface area contributed by atoms with Crippen LogP contribution in [0.1, 0.15) is 90.8 Å². The highest BCUT2D eigenvalue weighted by atomic mass is 28.4. The zero-order valence-electron chi connectivity index (χ0n) is 31.4. The summed E-state index contributed by atoms with van der Waals surface area (Å²) in [6.07, 6.45) is 12.8. The monoisotopic (exact) mass is 668 g/mol. The van der Waals surface area contributed by atoms with Crippen molar-refractivity contribution < 1.29 is 14.3 Å². The topological polar surface area (TPSA) is 38.7 Å². The molecule has 3 rings (SSSR count). The van der Waals surface area contributed by atoms with E-state index in [2.05, 4.69) is 177 Å². The summed E-state index contributed by atoms with van der Waals surface area (Å²) in [6.45, 7) is 21.6. The van der Waals surface area contributed by atoms with Gasteiger partial charge in [0.05, 0.1) is 12.7 Å². The van der Waals surface area contributed by atoms with Crippen LogP contribution in [0, 0.1) is 23.7 Å². The minimum absolute atomic E-state index is 0.141. The molecule has 0 saturated carbocycles. The summed E-state index contributed by atoms with van der Waals surface area (Å²) in [5, 5.41) is 11.3. The standard InChI is InChI=1S/C44H64O3Si/c1-35(23-14-10-15-25-37(3)42(45)38(4)33-36(2)34-47-48(8,9)43(5,6)7)24-22-32-46-44(39-26-16-11-17-27-39,40-28-18-12-19-29-40)41-30-20-13-21-31-41/h11-13,15-22,24-31,35-38,42,45H,10,14,23,32-34H2,1-9H3. The first-order chi connectivity index (χ1) is 22.8. The van der Waals surface area contributed by atoms with E-state index in [1.165, 1.54) is 0 Å². The molecule has 3 nitrogen and oxygen atoms in total. The largest absolute Gasteiger partial charge is 0.417 e. The van der Waals surface area contributed by atoms with Crippen LogP contribution in [-0.4, -0.2) is 32.7 Å². The van der Waals surface area contributed by atoms with Crippen LogP contribution < -0.4 is 0 Å². The van der Waals surface area contributed by atoms with Crippen molar-refractivity contribution in [1.29, 1.82) is 0 Å². The Kier molecular flexibility index (Phi) is 15.6. The second-order valence-corrected chi connectivity index (χ2v) is 20.4. The highest BCUT2D eigenvalue weighted by Crippen LogP contribution is 2.40. The molecule has 0 bridgehead atoms. The summed E-state index contributed by atoms with van der Waals surface area (Å²) in [6, 6.07) is 31.6. The quantitative estimate of drug-likeness (QED) is 0.0598. The van der Waals surface area contributed by atoms with Crippen LogP contribution in [0.2, 0.25) is 18.1 Å². The summed E-state index contributed by atoms with van der Waals surface area (Å²) in [5.41, 5.74) is 2.66. The Morgan fingerprint density at radius 2 is 1.23 bits per heavy atom. The van der Waals surface area contributed by atoms with Crippen molar-refractivity contribution in [1.82, 2.24) is 0 Å². The number of rotatable bonds is 19. The lowest BCUT2D eigenvalue weighted by Gasteiger charge is -2.37. The van der Waals surface area contributed by atoms with Gasteiger partial charge in [-0.25, -0.2) is 0 Å². The fourth-order valence-corrected chi connectivity index (χ4v) is 7.37. The third-order valence-electron chi connectivity index (χ3n) is 10.3. The predicted molar refractivity (Wildman–Crippen MR) is 208 cm³/mol. The average Bonchev–Trinajstić information content (AvgIpc) is 3.07. The molecule has 3 aromatic rings. The minimum atomic E-state index is -1.74. The molecule has 0 amide bonds. The Morgan fingerprint density at radius 1 is 0.729 bits per heavy atom. The normalized spacial score (nSPS) is 16.2. The SMILES string of the molecule is CC(C=CCOC(c1ccccc1)(c1ccccc1)c1ccccc1)CCCC=CC(C)C(O)C(C)CC(C)CO[Si](C)(C)C(C)(C)C. The Labute approximate surface area is 294 Å². The van der Waals surface area contributed by atoms with Gasteiger partial charge in [-0.05, 0) is 78.3 Å². The smallest absolute Gasteiger partial charge is 0.191 e. The van der Waals surface area contributed by atoms with Crippen molar-refractivity contribution >= 4 is 8.32 Å². The zero-order chi connectivity index (χ0) is 35.2. The second kappa shape index (κ2) is 18.8. The molecule has 0 aromatic heterocycles. The van der Waals surface area contributed by atoms with E-state index in [1.807, 2.05) is 0 Å². The second-order valence-electron chi connectivity index (χ2n) is 15.6. The van der Waals surface area contributed by atoms with Gasteiger partial charge >= 0.3 is 0 Å². The van der Waals surface area contributed by atoms with Gasteiger partial charge in [0.15, 0.2) is 8.32 Å². The van der Waals surface area contributed by atoms with Gasteiger partial charge in [-0.2, -0.15) is 0 Å². The lowest BCUT2D eigenvalue weighted by atomic mass is 9.80. The molecule has 0 radical (unpaired) electrons.